The number of aliphatic carboxylic acids is 1. The van der Waals surface area contributed by atoms with Crippen molar-refractivity contribution in [2.45, 2.75) is 25.3 Å². The van der Waals surface area contributed by atoms with Crippen molar-refractivity contribution in [3.63, 3.8) is 0 Å². The van der Waals surface area contributed by atoms with Crippen LogP contribution in [-0.4, -0.2) is 34.5 Å². The predicted octanol–water partition coefficient (Wildman–Crippen LogP) is 0.948. The van der Waals surface area contributed by atoms with E-state index in [1.807, 2.05) is 4.90 Å². The second-order valence-electron chi connectivity index (χ2n) is 3.86. The number of hydrogen-bond donors (Lipinski definition) is 1. The van der Waals surface area contributed by atoms with E-state index in [0.717, 1.165) is 31.0 Å². The second-order valence-corrected chi connectivity index (χ2v) is 3.86. The van der Waals surface area contributed by atoms with E-state index >= 15 is 0 Å². The molecule has 0 spiro atoms. The first-order chi connectivity index (χ1) is 7.18. The molecule has 2 fully saturated rings. The first kappa shape index (κ1) is 9.96. The highest BCUT2D eigenvalue weighted by molar-refractivity contribution is 5.84. The summed E-state index contributed by atoms with van der Waals surface area (Å²) in [6.45, 7) is 0.851. The molecule has 0 aliphatic carbocycles. The SMILES string of the molecule is O=C(O)/C=C/C=C1/CC(=O)N2CCCC12. The van der Waals surface area contributed by atoms with Crippen LogP contribution in [0.15, 0.2) is 23.8 Å². The van der Waals surface area contributed by atoms with Gasteiger partial charge in [0, 0.05) is 12.6 Å². The van der Waals surface area contributed by atoms with E-state index in [1.165, 1.54) is 6.08 Å². The molecule has 0 radical (unpaired) electrons. The first-order valence-electron chi connectivity index (χ1n) is 5.08. The molecular formula is C11H13NO3. The lowest BCUT2D eigenvalue weighted by Gasteiger charge is -2.14. The number of hydrogen-bond acceptors (Lipinski definition) is 2. The second kappa shape index (κ2) is 3.88. The van der Waals surface area contributed by atoms with Gasteiger partial charge in [-0.3, -0.25) is 4.79 Å². The number of fused-ring (bicyclic) bond motifs is 1. The van der Waals surface area contributed by atoms with E-state index in [0.29, 0.717) is 6.42 Å². The summed E-state index contributed by atoms with van der Waals surface area (Å²) in [5.74, 6) is -0.785. The number of carboxylic acids is 1. The third kappa shape index (κ3) is 1.93. The molecule has 1 unspecified atom stereocenters. The summed E-state index contributed by atoms with van der Waals surface area (Å²) in [4.78, 5) is 23.7. The molecule has 0 aromatic heterocycles. The summed E-state index contributed by atoms with van der Waals surface area (Å²) in [6.07, 6.45) is 6.88. The van der Waals surface area contributed by atoms with Crippen LogP contribution in [0.4, 0.5) is 0 Å². The Morgan fingerprint density at radius 2 is 2.33 bits per heavy atom. The maximum Gasteiger partial charge on any atom is 0.328 e. The smallest absolute Gasteiger partial charge is 0.328 e. The van der Waals surface area contributed by atoms with Crippen molar-refractivity contribution in [2.75, 3.05) is 6.54 Å². The van der Waals surface area contributed by atoms with Crippen LogP contribution in [0.25, 0.3) is 0 Å². The molecule has 0 aromatic carbocycles. The third-order valence-electron chi connectivity index (χ3n) is 2.91. The van der Waals surface area contributed by atoms with Crippen molar-refractivity contribution in [3.05, 3.63) is 23.8 Å². The molecule has 0 bridgehead atoms. The van der Waals surface area contributed by atoms with Crippen molar-refractivity contribution in [3.8, 4) is 0 Å². The Morgan fingerprint density at radius 3 is 3.07 bits per heavy atom. The molecule has 2 aliphatic rings. The predicted molar refractivity (Wildman–Crippen MR) is 54.2 cm³/mol. The largest absolute Gasteiger partial charge is 0.478 e. The fraction of sp³-hybridized carbons (Fsp3) is 0.455. The molecule has 2 saturated heterocycles. The van der Waals surface area contributed by atoms with Crippen LogP contribution >= 0.6 is 0 Å². The zero-order valence-corrected chi connectivity index (χ0v) is 8.35. The summed E-state index contributed by atoms with van der Waals surface area (Å²) in [5, 5.41) is 8.43. The number of rotatable bonds is 2. The Kier molecular flexibility index (Phi) is 2.58. The number of carbonyl (C=O) groups excluding carboxylic acids is 1. The van der Waals surface area contributed by atoms with Crippen LogP contribution < -0.4 is 0 Å². The molecule has 2 rings (SSSR count). The minimum atomic E-state index is -0.959. The Morgan fingerprint density at radius 1 is 1.53 bits per heavy atom. The molecule has 1 N–H and O–H groups in total. The number of nitrogens with zero attached hydrogens (tertiary/aromatic N) is 1. The van der Waals surface area contributed by atoms with Crippen LogP contribution in [0.1, 0.15) is 19.3 Å². The van der Waals surface area contributed by atoms with Gasteiger partial charge in [0.25, 0.3) is 0 Å². The van der Waals surface area contributed by atoms with E-state index in [2.05, 4.69) is 0 Å². The lowest BCUT2D eigenvalue weighted by Crippen LogP contribution is -2.26. The average molecular weight is 207 g/mol. The van der Waals surface area contributed by atoms with E-state index < -0.39 is 5.97 Å². The van der Waals surface area contributed by atoms with Gasteiger partial charge in [0.15, 0.2) is 0 Å². The van der Waals surface area contributed by atoms with Gasteiger partial charge in [-0.05, 0) is 18.4 Å². The quantitative estimate of drug-likeness (QED) is 0.686. The maximum atomic E-state index is 11.5. The van der Waals surface area contributed by atoms with E-state index in [-0.39, 0.29) is 11.9 Å². The monoisotopic (exact) mass is 207 g/mol. The molecule has 80 valence electrons. The van der Waals surface area contributed by atoms with Gasteiger partial charge >= 0.3 is 5.97 Å². The third-order valence-corrected chi connectivity index (χ3v) is 2.91. The normalized spacial score (nSPS) is 28.0. The van der Waals surface area contributed by atoms with Crippen LogP contribution in [-0.2, 0) is 9.59 Å². The van der Waals surface area contributed by atoms with Gasteiger partial charge in [-0.15, -0.1) is 0 Å². The Labute approximate surface area is 87.9 Å². The summed E-state index contributed by atoms with van der Waals surface area (Å²) in [5.41, 5.74) is 1.05. The molecule has 0 aromatic rings. The summed E-state index contributed by atoms with van der Waals surface area (Å²) >= 11 is 0. The van der Waals surface area contributed by atoms with Crippen LogP contribution in [0, 0.1) is 0 Å². The van der Waals surface area contributed by atoms with Gasteiger partial charge in [0.2, 0.25) is 5.91 Å². The molecule has 1 amide bonds. The zero-order chi connectivity index (χ0) is 10.8. The highest BCUT2D eigenvalue weighted by Gasteiger charge is 2.37. The van der Waals surface area contributed by atoms with Crippen LogP contribution in [0.5, 0.6) is 0 Å². The molecule has 4 nitrogen and oxygen atoms in total. The minimum absolute atomic E-state index is 0.174. The lowest BCUT2D eigenvalue weighted by atomic mass is 10.1. The van der Waals surface area contributed by atoms with Gasteiger partial charge < -0.3 is 10.0 Å². The molecule has 0 saturated carbocycles. The van der Waals surface area contributed by atoms with Gasteiger partial charge in [-0.25, -0.2) is 4.79 Å². The van der Waals surface area contributed by atoms with Gasteiger partial charge in [-0.1, -0.05) is 12.2 Å². The zero-order valence-electron chi connectivity index (χ0n) is 8.35. The minimum Gasteiger partial charge on any atom is -0.478 e. The highest BCUT2D eigenvalue weighted by atomic mass is 16.4. The lowest BCUT2D eigenvalue weighted by molar-refractivity contribution is -0.131. The number of carboxylic acid groups (broad SMARTS) is 1. The van der Waals surface area contributed by atoms with E-state index in [1.54, 1.807) is 6.08 Å². The first-order valence-corrected chi connectivity index (χ1v) is 5.08. The molecular weight excluding hydrogens is 194 g/mol. The van der Waals surface area contributed by atoms with E-state index in [9.17, 15) is 9.59 Å². The summed E-state index contributed by atoms with van der Waals surface area (Å²) in [7, 11) is 0. The molecule has 4 heteroatoms. The summed E-state index contributed by atoms with van der Waals surface area (Å²) in [6, 6.07) is 0.232. The van der Waals surface area contributed by atoms with E-state index in [4.69, 9.17) is 5.11 Å². The fourth-order valence-corrected chi connectivity index (χ4v) is 2.27. The number of amides is 1. The molecule has 2 aliphatic heterocycles. The maximum absolute atomic E-state index is 11.5. The number of carbonyl (C=O) groups is 2. The van der Waals surface area contributed by atoms with Crippen molar-refractivity contribution in [1.29, 1.82) is 0 Å². The van der Waals surface area contributed by atoms with Crippen molar-refractivity contribution in [2.24, 2.45) is 0 Å². The Bertz CT molecular complexity index is 357. The topological polar surface area (TPSA) is 57.6 Å². The summed E-state index contributed by atoms with van der Waals surface area (Å²) < 4.78 is 0. The fourth-order valence-electron chi connectivity index (χ4n) is 2.27. The van der Waals surface area contributed by atoms with Crippen molar-refractivity contribution in [1.82, 2.24) is 4.90 Å². The van der Waals surface area contributed by atoms with Crippen LogP contribution in [0.2, 0.25) is 0 Å². The Hall–Kier alpha value is -1.58. The van der Waals surface area contributed by atoms with Gasteiger partial charge in [0.1, 0.15) is 0 Å². The molecule has 2 heterocycles. The van der Waals surface area contributed by atoms with Gasteiger partial charge in [0.05, 0.1) is 12.5 Å². The molecule has 1 atom stereocenters. The highest BCUT2D eigenvalue weighted by Crippen LogP contribution is 2.32. The molecule has 15 heavy (non-hydrogen) atoms. The number of allylic oxidation sites excluding steroid dienone is 2. The van der Waals surface area contributed by atoms with Gasteiger partial charge in [-0.2, -0.15) is 0 Å². The Balaban J connectivity index is 2.10. The van der Waals surface area contributed by atoms with Crippen molar-refractivity contribution >= 4 is 11.9 Å². The standard InChI is InChI=1S/C11H13NO3/c13-10-7-8(3-1-5-11(14)15)9-4-2-6-12(9)10/h1,3,5,9H,2,4,6-7H2,(H,14,15)/b5-1+,8-3-. The van der Waals surface area contributed by atoms with Crippen molar-refractivity contribution < 1.29 is 14.7 Å². The average Bonchev–Trinajstić information content (AvgIpc) is 2.71. The van der Waals surface area contributed by atoms with Crippen LogP contribution in [0.3, 0.4) is 0 Å².